The van der Waals surface area contributed by atoms with E-state index in [1.807, 2.05) is 0 Å². The van der Waals surface area contributed by atoms with Crippen molar-refractivity contribution in [1.29, 1.82) is 0 Å². The van der Waals surface area contributed by atoms with Gasteiger partial charge < -0.3 is 0 Å². The Bertz CT molecular complexity index is 413. The smallest absolute Gasteiger partial charge is 0.229 e. The van der Waals surface area contributed by atoms with Crippen molar-refractivity contribution in [3.63, 3.8) is 0 Å². The lowest BCUT2D eigenvalue weighted by Crippen LogP contribution is -2.26. The molecular formula is C9H7Br2FN2O. The Morgan fingerprint density at radius 1 is 1.60 bits per heavy atom. The van der Waals surface area contributed by atoms with Crippen LogP contribution in [-0.2, 0) is 4.79 Å². The van der Waals surface area contributed by atoms with Crippen molar-refractivity contribution in [1.82, 2.24) is 4.98 Å². The van der Waals surface area contributed by atoms with Gasteiger partial charge in [0.2, 0.25) is 5.91 Å². The highest BCUT2D eigenvalue weighted by Crippen LogP contribution is 2.26. The van der Waals surface area contributed by atoms with Gasteiger partial charge in [-0.05, 0) is 22.0 Å². The van der Waals surface area contributed by atoms with Crippen molar-refractivity contribution in [2.75, 3.05) is 11.4 Å². The van der Waals surface area contributed by atoms with Gasteiger partial charge in [-0.1, -0.05) is 15.9 Å². The summed E-state index contributed by atoms with van der Waals surface area (Å²) in [5.74, 6) is -0.491. The highest BCUT2D eigenvalue weighted by atomic mass is 79.9. The van der Waals surface area contributed by atoms with Crippen LogP contribution < -0.4 is 4.90 Å². The minimum atomic E-state index is -0.487. The van der Waals surface area contributed by atoms with Gasteiger partial charge in [0.15, 0.2) is 11.6 Å². The molecule has 1 aliphatic rings. The Balaban J connectivity index is 2.34. The first kappa shape index (κ1) is 11.0. The van der Waals surface area contributed by atoms with E-state index in [2.05, 4.69) is 36.8 Å². The molecule has 6 heteroatoms. The van der Waals surface area contributed by atoms with E-state index in [0.717, 1.165) is 0 Å². The third-order valence-electron chi connectivity index (χ3n) is 2.12. The van der Waals surface area contributed by atoms with E-state index in [1.54, 1.807) is 0 Å². The number of amides is 1. The first-order valence-electron chi connectivity index (χ1n) is 4.33. The van der Waals surface area contributed by atoms with Crippen molar-refractivity contribution in [2.45, 2.75) is 11.2 Å². The predicted molar refractivity (Wildman–Crippen MR) is 61.6 cm³/mol. The second kappa shape index (κ2) is 4.17. The molecule has 1 unspecified atom stereocenters. The van der Waals surface area contributed by atoms with Crippen LogP contribution in [0.4, 0.5) is 10.2 Å². The fraction of sp³-hybridized carbons (Fsp3) is 0.333. The largest absolute Gasteiger partial charge is 0.293 e. The summed E-state index contributed by atoms with van der Waals surface area (Å²) in [7, 11) is 0. The van der Waals surface area contributed by atoms with E-state index < -0.39 is 5.82 Å². The molecule has 0 radical (unpaired) electrons. The predicted octanol–water partition coefficient (Wildman–Crippen LogP) is 2.48. The van der Waals surface area contributed by atoms with Gasteiger partial charge in [0.05, 0.1) is 0 Å². The quantitative estimate of drug-likeness (QED) is 0.738. The number of alkyl halides is 1. The van der Waals surface area contributed by atoms with Gasteiger partial charge in [-0.2, -0.15) is 0 Å². The number of carbonyl (C=O) groups is 1. The maximum atomic E-state index is 13.5. The number of anilines is 1. The van der Waals surface area contributed by atoms with Crippen molar-refractivity contribution in [3.8, 4) is 0 Å². The van der Waals surface area contributed by atoms with Crippen molar-refractivity contribution in [2.24, 2.45) is 0 Å². The van der Waals surface area contributed by atoms with Gasteiger partial charge in [-0.15, -0.1) is 0 Å². The minimum Gasteiger partial charge on any atom is -0.293 e. The number of nitrogens with zero attached hydrogens (tertiary/aromatic N) is 2. The lowest BCUT2D eigenvalue weighted by molar-refractivity contribution is -0.117. The fourth-order valence-electron chi connectivity index (χ4n) is 1.47. The van der Waals surface area contributed by atoms with Gasteiger partial charge in [-0.25, -0.2) is 9.37 Å². The number of rotatable bonds is 1. The molecule has 80 valence electrons. The monoisotopic (exact) mass is 336 g/mol. The molecule has 0 N–H and O–H groups in total. The third kappa shape index (κ3) is 2.20. The molecule has 0 aromatic carbocycles. The average molecular weight is 338 g/mol. The topological polar surface area (TPSA) is 33.2 Å². The van der Waals surface area contributed by atoms with Crippen LogP contribution in [0.1, 0.15) is 6.42 Å². The normalized spacial score (nSPS) is 21.1. The first-order valence-corrected chi connectivity index (χ1v) is 6.04. The molecule has 1 aromatic rings. The first-order chi connectivity index (χ1) is 7.08. The Morgan fingerprint density at radius 2 is 2.33 bits per heavy atom. The van der Waals surface area contributed by atoms with Gasteiger partial charge in [0, 0.05) is 28.5 Å². The van der Waals surface area contributed by atoms with Gasteiger partial charge in [0.1, 0.15) is 0 Å². The highest BCUT2D eigenvalue weighted by molar-refractivity contribution is 9.10. The number of hydrogen-bond donors (Lipinski definition) is 0. The molecular weight excluding hydrogens is 331 g/mol. The Kier molecular flexibility index (Phi) is 3.06. The van der Waals surface area contributed by atoms with Crippen LogP contribution in [0.3, 0.4) is 0 Å². The molecule has 1 aliphatic heterocycles. The van der Waals surface area contributed by atoms with Crippen LogP contribution in [0.25, 0.3) is 0 Å². The van der Waals surface area contributed by atoms with Gasteiger partial charge >= 0.3 is 0 Å². The zero-order chi connectivity index (χ0) is 11.0. The summed E-state index contributed by atoms with van der Waals surface area (Å²) in [6, 6.07) is 1.30. The molecule has 1 aromatic heterocycles. The van der Waals surface area contributed by atoms with Gasteiger partial charge in [0.25, 0.3) is 0 Å². The summed E-state index contributed by atoms with van der Waals surface area (Å²) < 4.78 is 14.1. The third-order valence-corrected chi connectivity index (χ3v) is 3.17. The number of pyridine rings is 1. The highest BCUT2D eigenvalue weighted by Gasteiger charge is 2.31. The summed E-state index contributed by atoms with van der Waals surface area (Å²) >= 11 is 6.45. The summed E-state index contributed by atoms with van der Waals surface area (Å²) in [6.45, 7) is 0.463. The molecule has 1 atom stereocenters. The van der Waals surface area contributed by atoms with Crippen LogP contribution in [0.2, 0.25) is 0 Å². The van der Waals surface area contributed by atoms with Crippen LogP contribution in [0, 0.1) is 5.82 Å². The molecule has 2 rings (SSSR count). The van der Waals surface area contributed by atoms with Crippen molar-refractivity contribution < 1.29 is 9.18 Å². The van der Waals surface area contributed by atoms with Gasteiger partial charge in [-0.3, -0.25) is 9.69 Å². The zero-order valence-electron chi connectivity index (χ0n) is 7.58. The van der Waals surface area contributed by atoms with Crippen molar-refractivity contribution >= 4 is 43.6 Å². The fourth-order valence-corrected chi connectivity index (χ4v) is 2.34. The standard InChI is InChI=1S/C9H7Br2FN2O/c10-5-1-7(12)9(13-3-5)14-4-6(11)2-8(14)15/h1,3,6H,2,4H2. The Morgan fingerprint density at radius 3 is 2.87 bits per heavy atom. The lowest BCUT2D eigenvalue weighted by Gasteiger charge is -2.15. The van der Waals surface area contributed by atoms with E-state index in [-0.39, 0.29) is 16.6 Å². The Labute approximate surface area is 103 Å². The second-order valence-electron chi connectivity index (χ2n) is 3.26. The van der Waals surface area contributed by atoms with E-state index >= 15 is 0 Å². The second-order valence-corrected chi connectivity index (χ2v) is 5.48. The number of carbonyl (C=O) groups excluding carboxylic acids is 1. The van der Waals surface area contributed by atoms with E-state index in [9.17, 15) is 9.18 Å². The number of halogens is 3. The van der Waals surface area contributed by atoms with E-state index in [1.165, 1.54) is 17.2 Å². The van der Waals surface area contributed by atoms with E-state index in [4.69, 9.17) is 0 Å². The Hall–Kier alpha value is -0.490. The molecule has 2 heterocycles. The lowest BCUT2D eigenvalue weighted by atomic mass is 10.4. The van der Waals surface area contributed by atoms with Crippen LogP contribution in [0.15, 0.2) is 16.7 Å². The van der Waals surface area contributed by atoms with Crippen LogP contribution >= 0.6 is 31.9 Å². The maximum Gasteiger partial charge on any atom is 0.229 e. The SMILES string of the molecule is O=C1CC(Br)CN1c1ncc(Br)cc1F. The molecule has 0 saturated carbocycles. The molecule has 0 aliphatic carbocycles. The zero-order valence-corrected chi connectivity index (χ0v) is 10.8. The summed E-state index contributed by atoms with van der Waals surface area (Å²) in [4.78, 5) is 16.8. The maximum absolute atomic E-state index is 13.5. The summed E-state index contributed by atoms with van der Waals surface area (Å²) in [5.41, 5.74) is 0. The molecule has 1 fully saturated rings. The van der Waals surface area contributed by atoms with Crippen LogP contribution in [0.5, 0.6) is 0 Å². The number of hydrogen-bond acceptors (Lipinski definition) is 2. The summed E-state index contributed by atoms with van der Waals surface area (Å²) in [6.07, 6.45) is 1.87. The van der Waals surface area contributed by atoms with Crippen LogP contribution in [-0.4, -0.2) is 22.3 Å². The molecule has 1 saturated heterocycles. The van der Waals surface area contributed by atoms with Crippen molar-refractivity contribution in [3.05, 3.63) is 22.6 Å². The molecule has 1 amide bonds. The molecule has 0 bridgehead atoms. The molecule has 3 nitrogen and oxygen atoms in total. The summed E-state index contributed by atoms with van der Waals surface area (Å²) in [5, 5.41) is 0. The average Bonchev–Trinajstić information content (AvgIpc) is 2.45. The van der Waals surface area contributed by atoms with E-state index in [0.29, 0.717) is 17.4 Å². The molecule has 0 spiro atoms. The molecule has 15 heavy (non-hydrogen) atoms. The minimum absolute atomic E-state index is 0.0786. The number of aromatic nitrogens is 1.